The van der Waals surface area contributed by atoms with Crippen LogP contribution in [-0.2, 0) is 0 Å². The fourth-order valence-electron chi connectivity index (χ4n) is 2.31. The van der Waals surface area contributed by atoms with E-state index in [0.717, 1.165) is 25.3 Å². The van der Waals surface area contributed by atoms with E-state index in [1.54, 1.807) is 0 Å². The predicted molar refractivity (Wildman–Crippen MR) is 66.9 cm³/mol. The molecule has 3 N–H and O–H groups in total. The average molecular weight is 253 g/mol. The zero-order valence-corrected chi connectivity index (χ0v) is 9.93. The van der Waals surface area contributed by atoms with Gasteiger partial charge in [-0.3, -0.25) is 10.1 Å². The van der Waals surface area contributed by atoms with Gasteiger partial charge in [-0.05, 0) is 31.2 Å². The summed E-state index contributed by atoms with van der Waals surface area (Å²) in [6, 6.07) is 3.88. The highest BCUT2D eigenvalue weighted by Gasteiger charge is 2.21. The van der Waals surface area contributed by atoms with Crippen molar-refractivity contribution in [2.75, 3.05) is 11.9 Å². The summed E-state index contributed by atoms with van der Waals surface area (Å²) in [6.07, 6.45) is 3.00. The van der Waals surface area contributed by atoms with Crippen LogP contribution in [0, 0.1) is 21.8 Å². The van der Waals surface area contributed by atoms with Crippen molar-refractivity contribution < 1.29 is 9.31 Å². The van der Waals surface area contributed by atoms with Crippen LogP contribution in [0.3, 0.4) is 0 Å². The molecule has 1 aliphatic rings. The SMILES string of the molecule is N[C@H]1CC[C@@H](CNc2ccc([N+](=O)[O-])cc2F)C1. The molecule has 0 heterocycles. The van der Waals surface area contributed by atoms with Crippen LogP contribution < -0.4 is 11.1 Å². The molecule has 98 valence electrons. The van der Waals surface area contributed by atoms with Crippen molar-refractivity contribution in [3.63, 3.8) is 0 Å². The Morgan fingerprint density at radius 2 is 2.28 bits per heavy atom. The minimum absolute atomic E-state index is 0.235. The molecule has 0 saturated heterocycles. The van der Waals surface area contributed by atoms with Crippen molar-refractivity contribution in [1.82, 2.24) is 0 Å². The number of anilines is 1. The molecule has 1 aliphatic carbocycles. The largest absolute Gasteiger partial charge is 0.382 e. The van der Waals surface area contributed by atoms with Crippen molar-refractivity contribution >= 4 is 11.4 Å². The Kier molecular flexibility index (Phi) is 3.76. The molecule has 0 radical (unpaired) electrons. The molecule has 0 amide bonds. The fourth-order valence-corrected chi connectivity index (χ4v) is 2.31. The summed E-state index contributed by atoms with van der Waals surface area (Å²) in [5.74, 6) is -0.138. The highest BCUT2D eigenvalue weighted by atomic mass is 19.1. The van der Waals surface area contributed by atoms with Crippen molar-refractivity contribution in [2.24, 2.45) is 11.7 Å². The van der Waals surface area contributed by atoms with Crippen LogP contribution in [0.1, 0.15) is 19.3 Å². The molecule has 2 atom stereocenters. The first-order valence-corrected chi connectivity index (χ1v) is 5.99. The quantitative estimate of drug-likeness (QED) is 0.637. The third kappa shape index (κ3) is 2.95. The number of nitrogens with zero attached hydrogens (tertiary/aromatic N) is 1. The second-order valence-electron chi connectivity index (χ2n) is 4.74. The third-order valence-corrected chi connectivity index (χ3v) is 3.33. The van der Waals surface area contributed by atoms with Crippen molar-refractivity contribution in [1.29, 1.82) is 0 Å². The van der Waals surface area contributed by atoms with E-state index in [1.165, 1.54) is 12.1 Å². The number of rotatable bonds is 4. The topological polar surface area (TPSA) is 81.2 Å². The number of nitrogens with one attached hydrogen (secondary N) is 1. The maximum Gasteiger partial charge on any atom is 0.272 e. The lowest BCUT2D eigenvalue weighted by atomic mass is 10.1. The first kappa shape index (κ1) is 12.8. The molecule has 0 bridgehead atoms. The number of nitro groups is 1. The molecule has 1 aromatic carbocycles. The summed E-state index contributed by atoms with van der Waals surface area (Å²) in [6.45, 7) is 0.655. The minimum atomic E-state index is -0.608. The first-order valence-electron chi connectivity index (χ1n) is 5.99. The summed E-state index contributed by atoms with van der Waals surface area (Å²) >= 11 is 0. The van der Waals surface area contributed by atoms with Crippen LogP contribution in [-0.4, -0.2) is 17.5 Å². The van der Waals surface area contributed by atoms with E-state index in [2.05, 4.69) is 5.32 Å². The lowest BCUT2D eigenvalue weighted by Crippen LogP contribution is -2.18. The van der Waals surface area contributed by atoms with Gasteiger partial charge in [-0.2, -0.15) is 0 Å². The van der Waals surface area contributed by atoms with E-state index in [1.807, 2.05) is 0 Å². The summed E-state index contributed by atoms with van der Waals surface area (Å²) in [5.41, 5.74) is 5.87. The molecule has 1 aromatic rings. The van der Waals surface area contributed by atoms with E-state index in [-0.39, 0.29) is 11.7 Å². The monoisotopic (exact) mass is 253 g/mol. The van der Waals surface area contributed by atoms with Gasteiger partial charge in [0.1, 0.15) is 0 Å². The summed E-state index contributed by atoms with van der Waals surface area (Å²) in [4.78, 5) is 9.86. The van der Waals surface area contributed by atoms with Gasteiger partial charge >= 0.3 is 0 Å². The Balaban J connectivity index is 1.95. The van der Waals surface area contributed by atoms with Crippen molar-refractivity contribution in [3.05, 3.63) is 34.1 Å². The molecular weight excluding hydrogens is 237 g/mol. The number of halogens is 1. The van der Waals surface area contributed by atoms with Gasteiger partial charge in [0, 0.05) is 18.7 Å². The van der Waals surface area contributed by atoms with Gasteiger partial charge in [0.2, 0.25) is 0 Å². The zero-order chi connectivity index (χ0) is 13.1. The summed E-state index contributed by atoms with van der Waals surface area (Å²) < 4.78 is 13.6. The van der Waals surface area contributed by atoms with Crippen LogP contribution in [0.15, 0.2) is 18.2 Å². The maximum atomic E-state index is 13.6. The lowest BCUT2D eigenvalue weighted by molar-refractivity contribution is -0.385. The number of nitrogens with two attached hydrogens (primary N) is 1. The minimum Gasteiger partial charge on any atom is -0.382 e. The fraction of sp³-hybridized carbons (Fsp3) is 0.500. The van der Waals surface area contributed by atoms with Crippen molar-refractivity contribution in [2.45, 2.75) is 25.3 Å². The smallest absolute Gasteiger partial charge is 0.272 e. The predicted octanol–water partition coefficient (Wildman–Crippen LogP) is 2.27. The molecule has 5 nitrogen and oxygen atoms in total. The second-order valence-corrected chi connectivity index (χ2v) is 4.74. The van der Waals surface area contributed by atoms with E-state index in [9.17, 15) is 14.5 Å². The van der Waals surface area contributed by atoms with Gasteiger partial charge < -0.3 is 11.1 Å². The summed E-state index contributed by atoms with van der Waals surface area (Å²) in [7, 11) is 0. The zero-order valence-electron chi connectivity index (χ0n) is 9.93. The Morgan fingerprint density at radius 3 is 2.83 bits per heavy atom. The number of benzene rings is 1. The normalized spacial score (nSPS) is 23.0. The lowest BCUT2D eigenvalue weighted by Gasteiger charge is -2.12. The van der Waals surface area contributed by atoms with E-state index in [0.29, 0.717) is 18.2 Å². The molecule has 1 fully saturated rings. The summed E-state index contributed by atoms with van der Waals surface area (Å²) in [5, 5.41) is 13.5. The maximum absolute atomic E-state index is 13.6. The average Bonchev–Trinajstić information content (AvgIpc) is 2.73. The Labute approximate surface area is 104 Å². The molecule has 1 saturated carbocycles. The Hall–Kier alpha value is -1.69. The van der Waals surface area contributed by atoms with Gasteiger partial charge in [0.05, 0.1) is 16.7 Å². The van der Waals surface area contributed by atoms with Gasteiger partial charge in [-0.15, -0.1) is 0 Å². The highest BCUT2D eigenvalue weighted by molar-refractivity contribution is 5.50. The Bertz CT molecular complexity index is 453. The molecule has 2 rings (SSSR count). The van der Waals surface area contributed by atoms with Crippen LogP contribution in [0.2, 0.25) is 0 Å². The molecule has 0 aromatic heterocycles. The molecule has 18 heavy (non-hydrogen) atoms. The number of non-ortho nitro benzene ring substituents is 1. The van der Waals surface area contributed by atoms with Crippen LogP contribution in [0.25, 0.3) is 0 Å². The van der Waals surface area contributed by atoms with Crippen LogP contribution in [0.4, 0.5) is 15.8 Å². The van der Waals surface area contributed by atoms with Crippen LogP contribution >= 0.6 is 0 Å². The van der Waals surface area contributed by atoms with Gasteiger partial charge in [-0.25, -0.2) is 4.39 Å². The molecule has 0 spiro atoms. The molecule has 0 unspecified atom stereocenters. The third-order valence-electron chi connectivity index (χ3n) is 3.33. The van der Waals surface area contributed by atoms with Crippen LogP contribution in [0.5, 0.6) is 0 Å². The van der Waals surface area contributed by atoms with E-state index < -0.39 is 10.7 Å². The molecular formula is C12H16FN3O2. The molecule has 6 heteroatoms. The van der Waals surface area contributed by atoms with Gasteiger partial charge in [0.25, 0.3) is 5.69 Å². The Morgan fingerprint density at radius 1 is 1.50 bits per heavy atom. The first-order chi connectivity index (χ1) is 8.56. The molecule has 0 aliphatic heterocycles. The van der Waals surface area contributed by atoms with Crippen molar-refractivity contribution in [3.8, 4) is 0 Å². The second kappa shape index (κ2) is 5.30. The van der Waals surface area contributed by atoms with E-state index in [4.69, 9.17) is 5.73 Å². The highest BCUT2D eigenvalue weighted by Crippen LogP contribution is 2.26. The number of hydrogen-bond acceptors (Lipinski definition) is 4. The standard InChI is InChI=1S/C12H16FN3O2/c13-11-6-10(16(17)18)3-4-12(11)15-7-8-1-2-9(14)5-8/h3-4,6,8-9,15H,1-2,5,7,14H2/t8-,9+/m1/s1. The van der Waals surface area contributed by atoms with Gasteiger partial charge in [-0.1, -0.05) is 0 Å². The number of hydrogen-bond donors (Lipinski definition) is 2. The van der Waals surface area contributed by atoms with E-state index >= 15 is 0 Å². The number of nitro benzene ring substituents is 1. The van der Waals surface area contributed by atoms with Gasteiger partial charge in [0.15, 0.2) is 5.82 Å².